The molecule has 8 rings (SSSR count). The Hall–Kier alpha value is -3.97. The van der Waals surface area contributed by atoms with Gasteiger partial charge in [0.2, 0.25) is 5.95 Å². The minimum atomic E-state index is -4.54. The van der Waals surface area contributed by atoms with E-state index < -0.39 is 18.8 Å². The number of nitrogens with zero attached hydrogens (tertiary/aromatic N) is 3. The van der Waals surface area contributed by atoms with Crippen LogP contribution in [0.4, 0.5) is 19.1 Å². The van der Waals surface area contributed by atoms with Crippen LogP contribution in [0.1, 0.15) is 34.2 Å². The predicted octanol–water partition coefficient (Wildman–Crippen LogP) is 3.38. The minimum Gasteiger partial charge on any atom is -0.493 e. The van der Waals surface area contributed by atoms with Crippen LogP contribution in [0.5, 0.6) is 11.8 Å². The molecule has 3 aromatic rings. The zero-order chi connectivity index (χ0) is 29.6. The molecule has 6 bridgehead atoms. The number of nitrogens with one attached hydrogen (secondary N) is 3. The number of anilines is 1. The molecule has 0 aliphatic carbocycles. The predicted molar refractivity (Wildman–Crippen MR) is 148 cm³/mol. The third-order valence-corrected chi connectivity index (χ3v) is 6.95. The summed E-state index contributed by atoms with van der Waals surface area (Å²) in [4.78, 5) is 25.3. The summed E-state index contributed by atoms with van der Waals surface area (Å²) in [6.45, 7) is 4.47. The standard InChI is InChI=1S/C29H33F3N6O4/c1-19-11-33-14-28(16-40-17-28)15-35-25(39)22-6-2-20(3-7-22)10-24-36-26(38-27(37-24)42-18-29(30,31)32)34-12-21-4-8-23(9-5-21)41-13-19/h2-9,19,33H,10-18H2,1H3,(H,35,39)(H,34,36,37,38)/t19-/m1/s1. The fourth-order valence-electron chi connectivity index (χ4n) is 4.52. The number of aromatic nitrogens is 3. The van der Waals surface area contributed by atoms with E-state index in [-0.39, 0.29) is 35.4 Å². The van der Waals surface area contributed by atoms with Gasteiger partial charge in [0.15, 0.2) is 6.61 Å². The van der Waals surface area contributed by atoms with E-state index in [0.29, 0.717) is 45.0 Å². The van der Waals surface area contributed by atoms with Gasteiger partial charge in [-0.15, -0.1) is 0 Å². The van der Waals surface area contributed by atoms with Crippen LogP contribution in [-0.2, 0) is 17.7 Å². The molecule has 1 atom stereocenters. The van der Waals surface area contributed by atoms with Crippen molar-refractivity contribution < 1.29 is 32.2 Å². The molecule has 10 nitrogen and oxygen atoms in total. The molecule has 13 heteroatoms. The lowest BCUT2D eigenvalue weighted by Gasteiger charge is -2.42. The summed E-state index contributed by atoms with van der Waals surface area (Å²) in [5, 5.41) is 9.56. The molecule has 1 amide bonds. The number of rotatable bonds is 2. The van der Waals surface area contributed by atoms with Crippen molar-refractivity contribution in [2.75, 3.05) is 51.4 Å². The fraction of sp³-hybridized carbons (Fsp3) is 0.448. The Balaban J connectivity index is 1.37. The molecule has 6 heterocycles. The van der Waals surface area contributed by atoms with E-state index in [1.165, 1.54) is 0 Å². The molecule has 1 saturated heterocycles. The summed E-state index contributed by atoms with van der Waals surface area (Å²) in [7, 11) is 0. The molecular formula is C29H33F3N6O4. The van der Waals surface area contributed by atoms with Gasteiger partial charge in [0.1, 0.15) is 11.6 Å². The number of halogens is 3. The van der Waals surface area contributed by atoms with Gasteiger partial charge in [-0.1, -0.05) is 31.2 Å². The first kappa shape index (κ1) is 29.5. The molecule has 224 valence electrons. The zero-order valence-corrected chi connectivity index (χ0v) is 23.2. The maximum atomic E-state index is 12.9. The second-order valence-corrected chi connectivity index (χ2v) is 10.9. The molecule has 0 unspecified atom stereocenters. The number of ether oxygens (including phenoxy) is 3. The largest absolute Gasteiger partial charge is 0.493 e. The highest BCUT2D eigenvalue weighted by Gasteiger charge is 2.38. The van der Waals surface area contributed by atoms with Gasteiger partial charge in [0.25, 0.3) is 5.91 Å². The number of carbonyl (C=O) groups is 1. The van der Waals surface area contributed by atoms with E-state index in [0.717, 1.165) is 23.4 Å². The Morgan fingerprint density at radius 2 is 1.71 bits per heavy atom. The van der Waals surface area contributed by atoms with Crippen molar-refractivity contribution in [1.82, 2.24) is 25.6 Å². The van der Waals surface area contributed by atoms with Crippen LogP contribution in [-0.4, -0.2) is 73.1 Å². The number of hydrogen-bond acceptors (Lipinski definition) is 9. The van der Waals surface area contributed by atoms with Crippen molar-refractivity contribution in [3.63, 3.8) is 0 Å². The fourth-order valence-corrected chi connectivity index (χ4v) is 4.52. The van der Waals surface area contributed by atoms with Gasteiger partial charge in [-0.3, -0.25) is 4.79 Å². The van der Waals surface area contributed by atoms with E-state index in [1.807, 2.05) is 24.3 Å². The van der Waals surface area contributed by atoms with Crippen molar-refractivity contribution in [2.45, 2.75) is 26.1 Å². The van der Waals surface area contributed by atoms with Gasteiger partial charge in [0.05, 0.1) is 19.8 Å². The molecule has 5 aliphatic rings. The van der Waals surface area contributed by atoms with Crippen LogP contribution in [0, 0.1) is 11.3 Å². The van der Waals surface area contributed by atoms with Crippen LogP contribution in [0.15, 0.2) is 48.5 Å². The molecule has 2 aromatic carbocycles. The first-order valence-corrected chi connectivity index (χ1v) is 13.7. The third-order valence-electron chi connectivity index (χ3n) is 6.95. The molecule has 0 radical (unpaired) electrons. The monoisotopic (exact) mass is 586 g/mol. The molecule has 1 aromatic heterocycles. The van der Waals surface area contributed by atoms with Gasteiger partial charge >= 0.3 is 12.2 Å². The summed E-state index contributed by atoms with van der Waals surface area (Å²) in [6, 6.07) is 14.0. The lowest BCUT2D eigenvalue weighted by atomic mass is 9.85. The van der Waals surface area contributed by atoms with E-state index >= 15 is 0 Å². The Morgan fingerprint density at radius 1 is 0.976 bits per heavy atom. The molecule has 1 fully saturated rings. The highest BCUT2D eigenvalue weighted by Crippen LogP contribution is 2.26. The Bertz CT molecular complexity index is 1350. The lowest BCUT2D eigenvalue weighted by molar-refractivity contribution is -0.154. The topological polar surface area (TPSA) is 120 Å². The first-order valence-electron chi connectivity index (χ1n) is 13.7. The average Bonchev–Trinajstić information content (AvgIpc) is 2.95. The number of alkyl halides is 3. The van der Waals surface area contributed by atoms with E-state index in [2.05, 4.69) is 37.8 Å². The van der Waals surface area contributed by atoms with Gasteiger partial charge in [-0.25, -0.2) is 0 Å². The van der Waals surface area contributed by atoms with Crippen molar-refractivity contribution in [2.24, 2.45) is 11.3 Å². The summed E-state index contributed by atoms with van der Waals surface area (Å²) in [5.41, 5.74) is 1.97. The van der Waals surface area contributed by atoms with Gasteiger partial charge < -0.3 is 30.2 Å². The van der Waals surface area contributed by atoms with Gasteiger partial charge in [-0.2, -0.15) is 28.1 Å². The zero-order valence-electron chi connectivity index (χ0n) is 23.2. The van der Waals surface area contributed by atoms with Crippen molar-refractivity contribution in [3.8, 4) is 11.8 Å². The second kappa shape index (κ2) is 12.9. The first-order chi connectivity index (χ1) is 20.1. The number of hydrogen-bond donors (Lipinski definition) is 3. The maximum Gasteiger partial charge on any atom is 0.422 e. The van der Waals surface area contributed by atoms with E-state index in [1.54, 1.807) is 24.3 Å². The highest BCUT2D eigenvalue weighted by molar-refractivity contribution is 5.94. The Labute approximate surface area is 241 Å². The molecule has 0 saturated carbocycles. The number of amides is 1. The number of benzene rings is 2. The normalized spacial score (nSPS) is 19.6. The van der Waals surface area contributed by atoms with Crippen LogP contribution in [0.3, 0.4) is 0 Å². The molecule has 5 aliphatic heterocycles. The average molecular weight is 587 g/mol. The van der Waals surface area contributed by atoms with Gasteiger partial charge in [-0.05, 0) is 35.4 Å². The van der Waals surface area contributed by atoms with Crippen molar-refractivity contribution in [3.05, 3.63) is 71.0 Å². The van der Waals surface area contributed by atoms with Crippen LogP contribution >= 0.6 is 0 Å². The third kappa shape index (κ3) is 8.29. The summed E-state index contributed by atoms with van der Waals surface area (Å²) in [6.07, 6.45) is -4.35. The van der Waals surface area contributed by atoms with E-state index in [9.17, 15) is 18.0 Å². The molecule has 3 N–H and O–H groups in total. The summed E-state index contributed by atoms with van der Waals surface area (Å²) in [5.74, 6) is 1.06. The Kier molecular flexibility index (Phi) is 9.07. The van der Waals surface area contributed by atoms with Crippen LogP contribution in [0.2, 0.25) is 0 Å². The highest BCUT2D eigenvalue weighted by atomic mass is 19.4. The number of carbonyl (C=O) groups excluding carboxylic acids is 1. The quantitative estimate of drug-likeness (QED) is 0.415. The molecular weight excluding hydrogens is 553 g/mol. The van der Waals surface area contributed by atoms with Crippen molar-refractivity contribution in [1.29, 1.82) is 0 Å². The summed E-state index contributed by atoms with van der Waals surface area (Å²) >= 11 is 0. The lowest BCUT2D eigenvalue weighted by Crippen LogP contribution is -2.56. The second-order valence-electron chi connectivity index (χ2n) is 10.9. The maximum absolute atomic E-state index is 12.9. The molecule has 42 heavy (non-hydrogen) atoms. The minimum absolute atomic E-state index is 0.0817. The molecule has 1 spiro atoms. The van der Waals surface area contributed by atoms with Crippen molar-refractivity contribution >= 4 is 11.9 Å². The van der Waals surface area contributed by atoms with Gasteiger partial charge in [0, 0.05) is 49.5 Å². The Morgan fingerprint density at radius 3 is 2.40 bits per heavy atom. The van der Waals surface area contributed by atoms with E-state index in [4.69, 9.17) is 14.2 Å². The smallest absolute Gasteiger partial charge is 0.422 e. The SMILES string of the molecule is C[C@@H]1CNCC2(CNC(=O)c3ccc(cc3)Cc3nc(nc(OCC(F)(F)F)n3)NCc3ccc(cc3)OC1)COC2. The van der Waals surface area contributed by atoms with Crippen LogP contribution in [0.25, 0.3) is 0 Å². The summed E-state index contributed by atoms with van der Waals surface area (Å²) < 4.78 is 54.6. The van der Waals surface area contributed by atoms with Crippen LogP contribution < -0.4 is 25.4 Å².